The molecule has 0 aromatic heterocycles. The van der Waals surface area contributed by atoms with E-state index in [-0.39, 0.29) is 0 Å². The third-order valence-electron chi connectivity index (χ3n) is 9.04. The van der Waals surface area contributed by atoms with Crippen LogP contribution in [0.5, 0.6) is 0 Å². The van der Waals surface area contributed by atoms with Gasteiger partial charge in [0, 0.05) is 0 Å². The van der Waals surface area contributed by atoms with Crippen molar-refractivity contribution in [1.82, 2.24) is 0 Å². The van der Waals surface area contributed by atoms with Crippen LogP contribution in [0.15, 0.2) is 158 Å². The van der Waals surface area contributed by atoms with Gasteiger partial charge in [0.2, 0.25) is 0 Å². The first-order valence-corrected chi connectivity index (χ1v) is 14.6. The molecule has 0 radical (unpaired) electrons. The number of hydrogen-bond donors (Lipinski definition) is 0. The Bertz CT molecular complexity index is 2360. The Labute approximate surface area is 243 Å². The molecule has 0 saturated heterocycles. The van der Waals surface area contributed by atoms with Crippen molar-refractivity contribution in [1.29, 1.82) is 0 Å². The Morgan fingerprint density at radius 3 is 0.857 bits per heavy atom. The van der Waals surface area contributed by atoms with E-state index in [1.54, 1.807) is 0 Å². The smallest absolute Gasteiger partial charge is 0.00264 e. The van der Waals surface area contributed by atoms with E-state index in [0.29, 0.717) is 0 Å². The predicted octanol–water partition coefficient (Wildman–Crippen LogP) is 12.0. The molecule has 0 nitrogen and oxygen atoms in total. The van der Waals surface area contributed by atoms with E-state index >= 15 is 0 Å². The molecule has 0 amide bonds. The lowest BCUT2D eigenvalue weighted by Crippen LogP contribution is -1.85. The largest absolute Gasteiger partial charge is 0.0616 e. The van der Waals surface area contributed by atoms with Crippen LogP contribution in [0.25, 0.3) is 86.2 Å². The zero-order chi connectivity index (χ0) is 27.6. The molecule has 0 saturated carbocycles. The fourth-order valence-corrected chi connectivity index (χ4v) is 7.17. The highest BCUT2D eigenvalue weighted by Gasteiger charge is 2.11. The van der Waals surface area contributed by atoms with Crippen LogP contribution in [0.2, 0.25) is 0 Å². The maximum atomic E-state index is 2.27. The molecule has 0 spiro atoms. The Balaban J connectivity index is 0.000000120. The van der Waals surface area contributed by atoms with Gasteiger partial charge in [0.15, 0.2) is 0 Å². The molecule has 0 heterocycles. The minimum absolute atomic E-state index is 1.30. The van der Waals surface area contributed by atoms with E-state index < -0.39 is 0 Å². The van der Waals surface area contributed by atoms with Crippen molar-refractivity contribution in [3.63, 3.8) is 0 Å². The standard InChI is InChI=1S/C22H14.C20H12/c1-3-7-17-15(5-1)9-11-21-19(17)13-14-20-18-8-4-2-6-16(18)10-12-22(20)21;1-5-13-6-2-11-17-18-12-4-8-14-7-3-10-16(20(14)18)15(9-1)19(13)17/h1-14H;1-12H. The third kappa shape index (κ3) is 3.36. The number of hydrogen-bond acceptors (Lipinski definition) is 0. The first-order chi connectivity index (χ1) is 20.8. The van der Waals surface area contributed by atoms with Crippen LogP contribution in [0.3, 0.4) is 0 Å². The normalized spacial score (nSPS) is 11.8. The highest BCUT2D eigenvalue weighted by Crippen LogP contribution is 2.40. The summed E-state index contributed by atoms with van der Waals surface area (Å²) in [7, 11) is 0. The molecule has 0 aliphatic heterocycles. The van der Waals surface area contributed by atoms with Crippen molar-refractivity contribution in [2.24, 2.45) is 0 Å². The molecule has 10 aromatic carbocycles. The lowest BCUT2D eigenvalue weighted by Gasteiger charge is -2.13. The van der Waals surface area contributed by atoms with Crippen molar-refractivity contribution in [2.45, 2.75) is 0 Å². The van der Waals surface area contributed by atoms with Gasteiger partial charge in [0.1, 0.15) is 0 Å². The minimum atomic E-state index is 1.30. The average Bonchev–Trinajstić information content (AvgIpc) is 3.07. The van der Waals surface area contributed by atoms with E-state index in [4.69, 9.17) is 0 Å². The minimum Gasteiger partial charge on any atom is -0.0616 e. The summed E-state index contributed by atoms with van der Waals surface area (Å²) in [5.41, 5.74) is 0. The van der Waals surface area contributed by atoms with Crippen molar-refractivity contribution < 1.29 is 0 Å². The molecule has 0 heteroatoms. The van der Waals surface area contributed by atoms with Crippen LogP contribution in [-0.4, -0.2) is 0 Å². The van der Waals surface area contributed by atoms with Gasteiger partial charge in [-0.15, -0.1) is 0 Å². The van der Waals surface area contributed by atoms with Crippen molar-refractivity contribution in [3.8, 4) is 0 Å². The fraction of sp³-hybridized carbons (Fsp3) is 0. The molecule has 42 heavy (non-hydrogen) atoms. The summed E-state index contributed by atoms with van der Waals surface area (Å²) in [6, 6.07) is 57.2. The molecule has 194 valence electrons. The average molecular weight is 531 g/mol. The van der Waals surface area contributed by atoms with Crippen LogP contribution >= 0.6 is 0 Å². The van der Waals surface area contributed by atoms with E-state index in [9.17, 15) is 0 Å². The zero-order valence-electron chi connectivity index (χ0n) is 23.0. The molecule has 0 N–H and O–H groups in total. The number of rotatable bonds is 0. The Morgan fingerprint density at radius 1 is 0.167 bits per heavy atom. The van der Waals surface area contributed by atoms with Crippen molar-refractivity contribution >= 4 is 86.2 Å². The number of benzene rings is 10. The fourth-order valence-electron chi connectivity index (χ4n) is 7.17. The van der Waals surface area contributed by atoms with E-state index in [1.165, 1.54) is 86.2 Å². The number of fused-ring (bicyclic) bond motifs is 9. The van der Waals surface area contributed by atoms with Gasteiger partial charge in [0.25, 0.3) is 0 Å². The van der Waals surface area contributed by atoms with Gasteiger partial charge < -0.3 is 0 Å². The molecule has 0 aliphatic rings. The second-order valence-corrected chi connectivity index (χ2v) is 11.2. The molecular formula is C42H26. The van der Waals surface area contributed by atoms with Gasteiger partial charge in [-0.1, -0.05) is 158 Å². The molecule has 0 aliphatic carbocycles. The Morgan fingerprint density at radius 2 is 0.452 bits per heavy atom. The van der Waals surface area contributed by atoms with Gasteiger partial charge in [-0.05, 0) is 86.2 Å². The molecule has 0 bridgehead atoms. The lowest BCUT2D eigenvalue weighted by molar-refractivity contribution is 1.78. The van der Waals surface area contributed by atoms with Crippen LogP contribution in [0.4, 0.5) is 0 Å². The van der Waals surface area contributed by atoms with Crippen LogP contribution in [-0.2, 0) is 0 Å². The highest BCUT2D eigenvalue weighted by atomic mass is 14.1. The molecule has 0 unspecified atom stereocenters. The van der Waals surface area contributed by atoms with Gasteiger partial charge in [-0.25, -0.2) is 0 Å². The SMILES string of the molecule is c1cc2cccc3c4cccc5cccc(c(c1)c23)c54.c1ccc2c(c1)ccc1c2ccc2c3ccccc3ccc21. The van der Waals surface area contributed by atoms with Gasteiger partial charge >= 0.3 is 0 Å². The molecule has 10 rings (SSSR count). The summed E-state index contributed by atoms with van der Waals surface area (Å²) in [6.07, 6.45) is 0. The Hall–Kier alpha value is -5.46. The van der Waals surface area contributed by atoms with E-state index in [1.807, 2.05) is 0 Å². The lowest BCUT2D eigenvalue weighted by atomic mass is 9.90. The monoisotopic (exact) mass is 530 g/mol. The van der Waals surface area contributed by atoms with Gasteiger partial charge in [-0.2, -0.15) is 0 Å². The second-order valence-electron chi connectivity index (χ2n) is 11.2. The second kappa shape index (κ2) is 9.03. The summed E-state index contributed by atoms with van der Waals surface area (Å²) < 4.78 is 0. The van der Waals surface area contributed by atoms with Crippen LogP contribution in [0.1, 0.15) is 0 Å². The van der Waals surface area contributed by atoms with Crippen molar-refractivity contribution in [2.75, 3.05) is 0 Å². The predicted molar refractivity (Wildman–Crippen MR) is 184 cm³/mol. The molecule has 10 aromatic rings. The summed E-state index contributed by atoms with van der Waals surface area (Å²) in [4.78, 5) is 0. The quantitative estimate of drug-likeness (QED) is 0.135. The zero-order valence-corrected chi connectivity index (χ0v) is 23.0. The van der Waals surface area contributed by atoms with Crippen LogP contribution < -0.4 is 0 Å². The van der Waals surface area contributed by atoms with Gasteiger partial charge in [0.05, 0.1) is 0 Å². The maximum Gasteiger partial charge on any atom is -0.00264 e. The first kappa shape index (κ1) is 23.3. The van der Waals surface area contributed by atoms with E-state index in [0.717, 1.165) is 0 Å². The first-order valence-electron chi connectivity index (χ1n) is 14.6. The third-order valence-corrected chi connectivity index (χ3v) is 9.04. The maximum absolute atomic E-state index is 2.27. The summed E-state index contributed by atoms with van der Waals surface area (Å²) >= 11 is 0. The topological polar surface area (TPSA) is 0 Å². The van der Waals surface area contributed by atoms with E-state index in [2.05, 4.69) is 158 Å². The summed E-state index contributed by atoms with van der Waals surface area (Å²) in [5, 5.41) is 21.5. The van der Waals surface area contributed by atoms with Gasteiger partial charge in [-0.3, -0.25) is 0 Å². The molecule has 0 atom stereocenters. The molecule has 0 fully saturated rings. The van der Waals surface area contributed by atoms with Crippen molar-refractivity contribution in [3.05, 3.63) is 158 Å². The summed E-state index contributed by atoms with van der Waals surface area (Å²) in [5.74, 6) is 0. The van der Waals surface area contributed by atoms with Crippen LogP contribution in [0, 0.1) is 0 Å². The Kier molecular flexibility index (Phi) is 5.00. The summed E-state index contributed by atoms with van der Waals surface area (Å²) in [6.45, 7) is 0. The highest BCUT2D eigenvalue weighted by molar-refractivity contribution is 6.32. The molecular weight excluding hydrogens is 504 g/mol.